The number of fused-ring (bicyclic) bond motifs is 2. The molecular formula is C16H16NOP. The van der Waals surface area contributed by atoms with Crippen molar-refractivity contribution < 1.29 is 4.57 Å². The molecule has 19 heavy (non-hydrogen) atoms. The monoisotopic (exact) mass is 269 g/mol. The second kappa shape index (κ2) is 4.86. The van der Waals surface area contributed by atoms with Gasteiger partial charge in [-0.15, -0.1) is 0 Å². The van der Waals surface area contributed by atoms with Crippen LogP contribution in [0.5, 0.6) is 0 Å². The Balaban J connectivity index is 2.13. The van der Waals surface area contributed by atoms with Crippen LogP contribution in [0.1, 0.15) is 39.2 Å². The van der Waals surface area contributed by atoms with Crippen molar-refractivity contribution in [1.29, 1.82) is 0 Å². The zero-order valence-corrected chi connectivity index (χ0v) is 12.1. The molecule has 2 nitrogen and oxygen atoms in total. The van der Waals surface area contributed by atoms with Gasteiger partial charge in [0.1, 0.15) is 0 Å². The Morgan fingerprint density at radius 1 is 1.16 bits per heavy atom. The summed E-state index contributed by atoms with van der Waals surface area (Å²) in [7, 11) is 0.172. The number of rotatable bonds is 2. The SMILES string of the molecule is Cc1nc2c(c(C)c1CP=O)Cc1ccccc1C2. The van der Waals surface area contributed by atoms with Crippen LogP contribution in [0.4, 0.5) is 0 Å². The molecule has 0 saturated carbocycles. The summed E-state index contributed by atoms with van der Waals surface area (Å²) in [6.07, 6.45) is 2.44. The molecule has 0 aliphatic heterocycles. The fraction of sp³-hybridized carbons (Fsp3) is 0.312. The molecule has 1 aliphatic rings. The van der Waals surface area contributed by atoms with Gasteiger partial charge in [0.15, 0.2) is 8.46 Å². The van der Waals surface area contributed by atoms with Crippen LogP contribution in [0, 0.1) is 13.8 Å². The molecule has 0 N–H and O–H groups in total. The molecule has 0 atom stereocenters. The molecule has 3 heteroatoms. The van der Waals surface area contributed by atoms with Crippen molar-refractivity contribution in [2.24, 2.45) is 0 Å². The van der Waals surface area contributed by atoms with Gasteiger partial charge in [-0.05, 0) is 48.1 Å². The number of benzene rings is 1. The van der Waals surface area contributed by atoms with Crippen LogP contribution in [0.2, 0.25) is 0 Å². The van der Waals surface area contributed by atoms with Crippen molar-refractivity contribution in [3.8, 4) is 0 Å². The van der Waals surface area contributed by atoms with E-state index in [0.717, 1.165) is 24.1 Å². The third-order valence-electron chi connectivity index (χ3n) is 4.06. The van der Waals surface area contributed by atoms with Crippen molar-refractivity contribution in [1.82, 2.24) is 4.98 Å². The molecule has 0 bridgehead atoms. The van der Waals surface area contributed by atoms with Crippen molar-refractivity contribution in [2.75, 3.05) is 0 Å². The molecule has 0 saturated heterocycles. The lowest BCUT2D eigenvalue weighted by Crippen LogP contribution is -2.14. The van der Waals surface area contributed by atoms with Crippen LogP contribution >= 0.6 is 8.46 Å². The normalized spacial score (nSPS) is 13.2. The van der Waals surface area contributed by atoms with Crippen LogP contribution in [0.15, 0.2) is 24.3 Å². The zero-order valence-electron chi connectivity index (χ0n) is 11.2. The first-order valence-electron chi connectivity index (χ1n) is 6.54. The van der Waals surface area contributed by atoms with E-state index >= 15 is 0 Å². The van der Waals surface area contributed by atoms with E-state index in [-0.39, 0.29) is 8.46 Å². The lowest BCUT2D eigenvalue weighted by Gasteiger charge is -2.23. The molecule has 1 heterocycles. The third-order valence-corrected chi connectivity index (χ3v) is 4.50. The predicted molar refractivity (Wildman–Crippen MR) is 77.1 cm³/mol. The maximum absolute atomic E-state index is 10.9. The first-order valence-corrected chi connectivity index (χ1v) is 7.54. The highest BCUT2D eigenvalue weighted by Crippen LogP contribution is 2.31. The number of nitrogens with zero attached hydrogens (tertiary/aromatic N) is 1. The summed E-state index contributed by atoms with van der Waals surface area (Å²) in [5.74, 6) is 0. The van der Waals surface area contributed by atoms with Gasteiger partial charge in [-0.2, -0.15) is 0 Å². The topological polar surface area (TPSA) is 30.0 Å². The number of aryl methyl sites for hydroxylation is 1. The quantitative estimate of drug-likeness (QED) is 0.658. The molecule has 1 aromatic heterocycles. The summed E-state index contributed by atoms with van der Waals surface area (Å²) in [5.41, 5.74) is 8.77. The van der Waals surface area contributed by atoms with Gasteiger partial charge in [0, 0.05) is 17.8 Å². The Hall–Kier alpha value is -1.53. The van der Waals surface area contributed by atoms with Gasteiger partial charge in [-0.1, -0.05) is 24.3 Å². The van der Waals surface area contributed by atoms with E-state index in [4.69, 9.17) is 4.98 Å². The van der Waals surface area contributed by atoms with E-state index in [1.54, 1.807) is 0 Å². The van der Waals surface area contributed by atoms with E-state index in [9.17, 15) is 4.57 Å². The number of pyridine rings is 1. The summed E-state index contributed by atoms with van der Waals surface area (Å²) in [4.78, 5) is 4.75. The first-order chi connectivity index (χ1) is 9.20. The van der Waals surface area contributed by atoms with Crippen LogP contribution in [-0.2, 0) is 23.6 Å². The second-order valence-electron chi connectivity index (χ2n) is 5.14. The van der Waals surface area contributed by atoms with E-state index < -0.39 is 0 Å². The van der Waals surface area contributed by atoms with Crippen molar-refractivity contribution in [2.45, 2.75) is 32.9 Å². The molecule has 0 spiro atoms. The van der Waals surface area contributed by atoms with Crippen LogP contribution in [0.3, 0.4) is 0 Å². The van der Waals surface area contributed by atoms with Crippen LogP contribution in [0.25, 0.3) is 0 Å². The fourth-order valence-electron chi connectivity index (χ4n) is 2.96. The first kappa shape index (κ1) is 12.5. The molecule has 0 amide bonds. The van der Waals surface area contributed by atoms with Crippen molar-refractivity contribution in [3.05, 3.63) is 63.5 Å². The smallest absolute Gasteiger partial charge is 0.160 e. The zero-order chi connectivity index (χ0) is 13.4. The molecule has 0 fully saturated rings. The Morgan fingerprint density at radius 3 is 2.53 bits per heavy atom. The summed E-state index contributed by atoms with van der Waals surface area (Å²) < 4.78 is 10.9. The maximum atomic E-state index is 10.9. The molecule has 3 rings (SSSR count). The van der Waals surface area contributed by atoms with E-state index in [0.29, 0.717) is 6.16 Å². The second-order valence-corrected chi connectivity index (χ2v) is 5.71. The van der Waals surface area contributed by atoms with Gasteiger partial charge in [-0.25, -0.2) is 0 Å². The van der Waals surface area contributed by atoms with Gasteiger partial charge >= 0.3 is 0 Å². The highest BCUT2D eigenvalue weighted by atomic mass is 31.1. The average Bonchev–Trinajstić information content (AvgIpc) is 2.42. The predicted octanol–water partition coefficient (Wildman–Crippen LogP) is 3.99. The van der Waals surface area contributed by atoms with Gasteiger partial charge < -0.3 is 0 Å². The Labute approximate surface area is 115 Å². The Bertz CT molecular complexity index is 664. The van der Waals surface area contributed by atoms with E-state index in [2.05, 4.69) is 31.2 Å². The third kappa shape index (κ3) is 2.11. The molecule has 96 valence electrons. The Morgan fingerprint density at radius 2 is 1.84 bits per heavy atom. The van der Waals surface area contributed by atoms with Crippen LogP contribution in [-0.4, -0.2) is 4.98 Å². The lowest BCUT2D eigenvalue weighted by atomic mass is 9.85. The summed E-state index contributed by atoms with van der Waals surface area (Å²) >= 11 is 0. The fourth-order valence-corrected chi connectivity index (χ4v) is 3.55. The molecule has 2 aromatic rings. The summed E-state index contributed by atoms with van der Waals surface area (Å²) in [6, 6.07) is 8.57. The summed E-state index contributed by atoms with van der Waals surface area (Å²) in [6.45, 7) is 4.16. The summed E-state index contributed by atoms with van der Waals surface area (Å²) in [5, 5.41) is 0. The largest absolute Gasteiger partial charge is 0.275 e. The standard InChI is InChI=1S/C16H16NOP/c1-10-14-7-12-5-3-4-6-13(12)8-16(14)17-11(2)15(10)9-19-18/h3-6H,7-9H2,1-2H3. The lowest BCUT2D eigenvalue weighted by molar-refractivity contribution is 0.598. The molecule has 1 aliphatic carbocycles. The van der Waals surface area contributed by atoms with Crippen molar-refractivity contribution >= 4 is 8.46 Å². The van der Waals surface area contributed by atoms with Crippen molar-refractivity contribution in [3.63, 3.8) is 0 Å². The molecule has 0 radical (unpaired) electrons. The van der Waals surface area contributed by atoms with Gasteiger partial charge in [0.05, 0.1) is 6.16 Å². The minimum absolute atomic E-state index is 0.172. The number of hydrogen-bond donors (Lipinski definition) is 0. The highest BCUT2D eigenvalue weighted by molar-refractivity contribution is 7.22. The average molecular weight is 269 g/mol. The van der Waals surface area contributed by atoms with Gasteiger partial charge in [0.2, 0.25) is 0 Å². The van der Waals surface area contributed by atoms with E-state index in [1.165, 1.54) is 27.9 Å². The van der Waals surface area contributed by atoms with Gasteiger partial charge in [-0.3, -0.25) is 9.55 Å². The molecule has 0 unspecified atom stereocenters. The Kier molecular flexibility index (Phi) is 3.20. The van der Waals surface area contributed by atoms with Gasteiger partial charge in [0.25, 0.3) is 0 Å². The van der Waals surface area contributed by atoms with E-state index in [1.807, 2.05) is 6.92 Å². The maximum Gasteiger partial charge on any atom is 0.160 e. The molecular weight excluding hydrogens is 253 g/mol. The minimum Gasteiger partial charge on any atom is -0.275 e. The highest BCUT2D eigenvalue weighted by Gasteiger charge is 2.20. The molecule has 1 aromatic carbocycles. The number of hydrogen-bond acceptors (Lipinski definition) is 2. The minimum atomic E-state index is 0.172. The number of aromatic nitrogens is 1. The van der Waals surface area contributed by atoms with Crippen LogP contribution < -0.4 is 0 Å².